The van der Waals surface area contributed by atoms with Crippen molar-refractivity contribution in [2.24, 2.45) is 23.7 Å². The summed E-state index contributed by atoms with van der Waals surface area (Å²) in [5.74, 6) is -0.868. The molecule has 0 spiro atoms. The molecule has 3 aliphatic rings. The van der Waals surface area contributed by atoms with E-state index in [0.29, 0.717) is 29.2 Å². The van der Waals surface area contributed by atoms with Crippen molar-refractivity contribution in [3.05, 3.63) is 89.9 Å². The molecule has 1 aliphatic carbocycles. The molecule has 290 valence electrons. The molecule has 9 nitrogen and oxygen atoms in total. The smallest absolute Gasteiger partial charge is 0.306 e. The van der Waals surface area contributed by atoms with Crippen molar-refractivity contribution in [3.8, 4) is 0 Å². The van der Waals surface area contributed by atoms with Gasteiger partial charge < -0.3 is 34.8 Å². The van der Waals surface area contributed by atoms with Gasteiger partial charge in [0.25, 0.3) is 0 Å². The maximum atomic E-state index is 14.4. The molecule has 9 heteroatoms. The van der Waals surface area contributed by atoms with Gasteiger partial charge in [-0.3, -0.25) is 9.59 Å². The summed E-state index contributed by atoms with van der Waals surface area (Å²) < 4.78 is 11.2. The molecule has 4 atom stereocenters. The molecule has 0 aromatic carbocycles. The van der Waals surface area contributed by atoms with Crippen LogP contribution in [0.1, 0.15) is 135 Å². The van der Waals surface area contributed by atoms with E-state index in [9.17, 15) is 14.7 Å². The first-order valence-electron chi connectivity index (χ1n) is 19.9. The van der Waals surface area contributed by atoms with E-state index in [1.165, 1.54) is 41.4 Å². The van der Waals surface area contributed by atoms with Crippen molar-refractivity contribution in [2.75, 3.05) is 13.7 Å². The van der Waals surface area contributed by atoms with E-state index in [4.69, 9.17) is 9.47 Å². The van der Waals surface area contributed by atoms with Crippen molar-refractivity contribution in [1.29, 1.82) is 0 Å². The number of ketones is 1. The first-order valence-corrected chi connectivity index (χ1v) is 19.9. The number of hydrogen-bond donors (Lipinski definition) is 5. The number of aromatic nitrogens is 3. The normalized spacial score (nSPS) is 23.5. The summed E-state index contributed by atoms with van der Waals surface area (Å²) in [5.41, 5.74) is 13.6. The average molecular weight is 737 g/mol. The highest BCUT2D eigenvalue weighted by atomic mass is 16.6. The highest BCUT2D eigenvalue weighted by Gasteiger charge is 2.48. The van der Waals surface area contributed by atoms with E-state index < -0.39 is 12.2 Å². The molecule has 5 N–H and O–H groups in total. The number of nitrogens with one attached hydrogen (secondary N) is 4. The van der Waals surface area contributed by atoms with E-state index in [1.54, 1.807) is 0 Å². The van der Waals surface area contributed by atoms with Crippen LogP contribution in [0.15, 0.2) is 23.0 Å². The second-order valence-electron chi connectivity index (χ2n) is 16.0. The van der Waals surface area contributed by atoms with Gasteiger partial charge in [-0.25, -0.2) is 0 Å². The summed E-state index contributed by atoms with van der Waals surface area (Å²) in [7, 11) is 1.42. The molecule has 3 aromatic heterocycles. The molecule has 0 radical (unpaired) electrons. The topological polar surface area (TPSA) is 132 Å². The molecule has 0 amide bonds. The second kappa shape index (κ2) is 16.2. The minimum absolute atomic E-state index is 0.0271. The number of aliphatic hydroxyl groups excluding tert-OH is 1. The van der Waals surface area contributed by atoms with Crippen LogP contribution in [-0.4, -0.2) is 51.8 Å². The van der Waals surface area contributed by atoms with Gasteiger partial charge in [-0.2, -0.15) is 0 Å². The third-order valence-corrected chi connectivity index (χ3v) is 12.1. The molecule has 0 saturated carbocycles. The quantitative estimate of drug-likeness (QED) is 0.0719. The Hall–Kier alpha value is -4.34. The van der Waals surface area contributed by atoms with Gasteiger partial charge in [-0.05, 0) is 118 Å². The van der Waals surface area contributed by atoms with Gasteiger partial charge in [-0.1, -0.05) is 46.6 Å². The molecule has 1 saturated heterocycles. The lowest BCUT2D eigenvalue weighted by Gasteiger charge is -2.23. The van der Waals surface area contributed by atoms with Gasteiger partial charge in [0.15, 0.2) is 12.1 Å². The van der Waals surface area contributed by atoms with E-state index in [-0.39, 0.29) is 36.6 Å². The zero-order valence-corrected chi connectivity index (χ0v) is 33.9. The summed E-state index contributed by atoms with van der Waals surface area (Å²) in [6.07, 6.45) is 12.9. The molecule has 3 aromatic rings. The Labute approximate surface area is 320 Å². The van der Waals surface area contributed by atoms with Crippen LogP contribution in [0.5, 0.6) is 0 Å². The molecule has 54 heavy (non-hydrogen) atoms. The number of fused-ring (bicyclic) bond motifs is 7. The van der Waals surface area contributed by atoms with E-state index >= 15 is 0 Å². The zero-order chi connectivity index (χ0) is 39.0. The number of carbonyl (C=O) groups is 2. The van der Waals surface area contributed by atoms with E-state index in [2.05, 4.69) is 93.9 Å². The minimum atomic E-state index is -1.35. The van der Waals surface area contributed by atoms with E-state index in [0.717, 1.165) is 70.4 Å². The van der Waals surface area contributed by atoms with Crippen LogP contribution in [0.2, 0.25) is 0 Å². The molecular weight excluding hydrogens is 677 g/mol. The van der Waals surface area contributed by atoms with Crippen molar-refractivity contribution < 1.29 is 24.2 Å². The third kappa shape index (κ3) is 7.37. The van der Waals surface area contributed by atoms with Crippen LogP contribution >= 0.6 is 0 Å². The predicted molar refractivity (Wildman–Crippen MR) is 216 cm³/mol. The van der Waals surface area contributed by atoms with Crippen LogP contribution < -0.4 is 16.0 Å². The zero-order valence-electron chi connectivity index (χ0n) is 33.9. The van der Waals surface area contributed by atoms with Crippen molar-refractivity contribution in [1.82, 2.24) is 20.3 Å². The SMILES string of the molecule is CCc1c2[nH]c(c1C)/C=C1\N/C(=C3\c4[nH]c(c(C)c4C(=O)[C@@H]3C(O)OC)/C=c3\[nH]/c(c(C)c3CC)=C\2)[C@@H](CCC(=O)OC/C=C(\C)CCCC(C)C)[C@@H]1C. The number of hydrogen-bond acceptors (Lipinski definition) is 6. The number of esters is 1. The monoisotopic (exact) mass is 736 g/mol. The van der Waals surface area contributed by atoms with Crippen LogP contribution in [-0.2, 0) is 27.1 Å². The van der Waals surface area contributed by atoms with E-state index in [1.807, 2.05) is 13.0 Å². The highest BCUT2D eigenvalue weighted by Crippen LogP contribution is 2.49. The minimum Gasteiger partial charge on any atom is -0.461 e. The summed E-state index contributed by atoms with van der Waals surface area (Å²) in [6, 6.07) is 0. The fourth-order valence-corrected chi connectivity index (χ4v) is 8.84. The number of aliphatic hydroxyl groups is 1. The summed E-state index contributed by atoms with van der Waals surface area (Å²) in [5, 5.41) is 17.1. The first-order chi connectivity index (χ1) is 25.8. The summed E-state index contributed by atoms with van der Waals surface area (Å²) >= 11 is 0. The number of aromatic amines is 3. The van der Waals surface area contributed by atoms with Crippen molar-refractivity contribution in [2.45, 2.75) is 114 Å². The number of methoxy groups -OCH3 is 1. The number of carbonyl (C=O) groups excluding carboxylic acids is 2. The number of Topliss-reactive ketones (excluding diaryl/α,β-unsaturated/α-hetero) is 1. The van der Waals surface area contributed by atoms with Crippen LogP contribution in [0, 0.1) is 44.4 Å². The molecule has 6 rings (SSSR count). The average Bonchev–Trinajstić information content (AvgIpc) is 3.87. The first kappa shape index (κ1) is 39.4. The second-order valence-corrected chi connectivity index (χ2v) is 16.0. The Balaban J connectivity index is 1.47. The highest BCUT2D eigenvalue weighted by molar-refractivity contribution is 6.15. The van der Waals surface area contributed by atoms with Gasteiger partial charge in [-0.15, -0.1) is 0 Å². The number of allylic oxidation sites excluding steroid dienone is 3. The molecular formula is C45H60N4O5. The Morgan fingerprint density at radius 2 is 1.63 bits per heavy atom. The van der Waals surface area contributed by atoms with Crippen LogP contribution in [0.4, 0.5) is 0 Å². The largest absolute Gasteiger partial charge is 0.461 e. The lowest BCUT2D eigenvalue weighted by atomic mass is 9.84. The Morgan fingerprint density at radius 1 is 0.926 bits per heavy atom. The van der Waals surface area contributed by atoms with Gasteiger partial charge in [0.2, 0.25) is 0 Å². The van der Waals surface area contributed by atoms with Crippen LogP contribution in [0.3, 0.4) is 0 Å². The van der Waals surface area contributed by atoms with Crippen molar-refractivity contribution >= 4 is 35.6 Å². The third-order valence-electron chi connectivity index (χ3n) is 12.1. The molecule has 8 bridgehead atoms. The lowest BCUT2D eigenvalue weighted by molar-refractivity contribution is -0.142. The van der Waals surface area contributed by atoms with Gasteiger partial charge in [0, 0.05) is 75.7 Å². The molecule has 5 heterocycles. The predicted octanol–water partition coefficient (Wildman–Crippen LogP) is 7.17. The summed E-state index contributed by atoms with van der Waals surface area (Å²) in [6.45, 7) is 19.6. The van der Waals surface area contributed by atoms with Crippen molar-refractivity contribution in [3.63, 3.8) is 0 Å². The van der Waals surface area contributed by atoms with Gasteiger partial charge in [0.1, 0.15) is 12.5 Å². The fraction of sp³-hybridized carbons (Fsp3) is 0.511. The van der Waals surface area contributed by atoms with Gasteiger partial charge in [0.05, 0.1) is 5.69 Å². The Kier molecular flexibility index (Phi) is 11.8. The summed E-state index contributed by atoms with van der Waals surface area (Å²) in [4.78, 5) is 38.7. The number of ether oxygens (including phenoxy) is 2. The number of H-pyrrole nitrogens is 3. The molecule has 1 unspecified atom stereocenters. The van der Waals surface area contributed by atoms with Gasteiger partial charge >= 0.3 is 5.97 Å². The lowest BCUT2D eigenvalue weighted by Crippen LogP contribution is -2.29. The fourth-order valence-electron chi connectivity index (χ4n) is 8.84. The Morgan fingerprint density at radius 3 is 2.31 bits per heavy atom. The molecule has 2 aliphatic heterocycles. The maximum absolute atomic E-state index is 14.4. The van der Waals surface area contributed by atoms with Crippen LogP contribution in [0.25, 0.3) is 23.8 Å². The Bertz CT molecular complexity index is 2150. The standard InChI is InChI=1S/C45H60N4O5/c1-11-29-25(6)32-20-34-27(8)31(16-17-38(50)54-19-18-24(5)15-13-14-23(3)4)42(48-34)40-41(45(52)53-10)44(51)39-28(9)35(49-43(39)40)22-37-30(12-2)26(7)33(47-37)21-36(29)46-32/h18,20-23,27,31,41,45-49,52H,11-17,19H2,1-10H3/b24-18+,33-21-,34-20-,37-22-,42-40-/t27-,31-,41+,45?/m0/s1. The molecule has 1 fully saturated rings. The maximum Gasteiger partial charge on any atom is 0.306 e. The number of rotatable bonds is 13.